The SMILES string of the molecule is CC(=O)NC1C(O)C(O)C(CO)OC1n1nc(COc2ccccc2C)n(C(C)C)c1=S. The lowest BCUT2D eigenvalue weighted by atomic mass is 9.96. The third-order valence-electron chi connectivity index (χ3n) is 5.38. The van der Waals surface area contributed by atoms with Crippen LogP contribution in [0.4, 0.5) is 0 Å². The number of aliphatic hydroxyl groups is 3. The van der Waals surface area contributed by atoms with Gasteiger partial charge in [-0.05, 0) is 44.6 Å². The minimum Gasteiger partial charge on any atom is -0.485 e. The smallest absolute Gasteiger partial charge is 0.217 e. The molecule has 1 amide bonds. The van der Waals surface area contributed by atoms with Crippen molar-refractivity contribution in [1.82, 2.24) is 19.7 Å². The molecular formula is C21H30N4O6S. The first-order chi connectivity index (χ1) is 15.1. The van der Waals surface area contributed by atoms with E-state index in [0.717, 1.165) is 5.56 Å². The van der Waals surface area contributed by atoms with Crippen molar-refractivity contribution in [1.29, 1.82) is 0 Å². The Labute approximate surface area is 191 Å². The van der Waals surface area contributed by atoms with Crippen LogP contribution < -0.4 is 10.1 Å². The predicted octanol–water partition coefficient (Wildman–Crippen LogP) is 0.999. The highest BCUT2D eigenvalue weighted by molar-refractivity contribution is 7.71. The number of aromatic nitrogens is 3. The number of aryl methyl sites for hydroxylation is 1. The molecule has 5 unspecified atom stereocenters. The molecule has 0 aliphatic carbocycles. The van der Waals surface area contributed by atoms with E-state index in [2.05, 4.69) is 10.4 Å². The molecule has 1 aromatic heterocycles. The van der Waals surface area contributed by atoms with E-state index < -0.39 is 43.1 Å². The summed E-state index contributed by atoms with van der Waals surface area (Å²) in [6.07, 6.45) is -4.90. The molecule has 1 aliphatic heterocycles. The fourth-order valence-electron chi connectivity index (χ4n) is 3.78. The van der Waals surface area contributed by atoms with E-state index >= 15 is 0 Å². The number of ether oxygens (including phenoxy) is 2. The third kappa shape index (κ3) is 4.86. The summed E-state index contributed by atoms with van der Waals surface area (Å²) in [4.78, 5) is 11.8. The monoisotopic (exact) mass is 466 g/mol. The summed E-state index contributed by atoms with van der Waals surface area (Å²) in [6, 6.07) is 6.52. The van der Waals surface area contributed by atoms with Gasteiger partial charge in [0, 0.05) is 13.0 Å². The highest BCUT2D eigenvalue weighted by Gasteiger charge is 2.46. The van der Waals surface area contributed by atoms with E-state index in [0.29, 0.717) is 16.3 Å². The maximum Gasteiger partial charge on any atom is 0.217 e. The summed E-state index contributed by atoms with van der Waals surface area (Å²) in [5, 5.41) is 37.7. The summed E-state index contributed by atoms with van der Waals surface area (Å²) in [6.45, 7) is 6.73. The number of nitrogens with zero attached hydrogens (tertiary/aromatic N) is 3. The number of hydrogen-bond donors (Lipinski definition) is 4. The third-order valence-corrected chi connectivity index (χ3v) is 5.76. The molecule has 176 valence electrons. The second-order valence-corrected chi connectivity index (χ2v) is 8.48. The zero-order valence-electron chi connectivity index (χ0n) is 18.5. The highest BCUT2D eigenvalue weighted by atomic mass is 32.1. The van der Waals surface area contributed by atoms with Crippen molar-refractivity contribution in [2.45, 2.75) is 70.9 Å². The Hall–Kier alpha value is -2.31. The van der Waals surface area contributed by atoms with Gasteiger partial charge in [0.1, 0.15) is 36.7 Å². The van der Waals surface area contributed by atoms with E-state index in [1.54, 1.807) is 4.57 Å². The average Bonchev–Trinajstić information content (AvgIpc) is 3.07. The second kappa shape index (κ2) is 10.1. The van der Waals surface area contributed by atoms with Crippen LogP contribution in [0.25, 0.3) is 0 Å². The summed E-state index contributed by atoms with van der Waals surface area (Å²) < 4.78 is 15.3. The Morgan fingerprint density at radius 1 is 1.31 bits per heavy atom. The Balaban J connectivity index is 1.99. The van der Waals surface area contributed by atoms with Crippen molar-refractivity contribution in [3.63, 3.8) is 0 Å². The first-order valence-corrected chi connectivity index (χ1v) is 10.8. The number of hydrogen-bond acceptors (Lipinski definition) is 8. The lowest BCUT2D eigenvalue weighted by Gasteiger charge is -2.42. The molecule has 0 saturated carbocycles. The summed E-state index contributed by atoms with van der Waals surface area (Å²) in [5.41, 5.74) is 0.978. The molecule has 11 heteroatoms. The van der Waals surface area contributed by atoms with Crippen molar-refractivity contribution in [3.8, 4) is 5.75 Å². The van der Waals surface area contributed by atoms with Crippen molar-refractivity contribution in [2.75, 3.05) is 6.61 Å². The van der Waals surface area contributed by atoms with E-state index in [1.165, 1.54) is 11.6 Å². The van der Waals surface area contributed by atoms with Crippen LogP contribution >= 0.6 is 12.2 Å². The van der Waals surface area contributed by atoms with Gasteiger partial charge in [0.2, 0.25) is 10.7 Å². The number of para-hydroxylation sites is 1. The van der Waals surface area contributed by atoms with Crippen LogP contribution in [-0.2, 0) is 16.1 Å². The molecule has 5 atom stereocenters. The minimum absolute atomic E-state index is 0.0568. The maximum absolute atomic E-state index is 11.8. The molecule has 1 aromatic carbocycles. The molecule has 10 nitrogen and oxygen atoms in total. The van der Waals surface area contributed by atoms with E-state index in [9.17, 15) is 20.1 Å². The van der Waals surface area contributed by atoms with Crippen molar-refractivity contribution in [2.24, 2.45) is 0 Å². The molecular weight excluding hydrogens is 436 g/mol. The van der Waals surface area contributed by atoms with Gasteiger partial charge in [-0.1, -0.05) is 18.2 Å². The largest absolute Gasteiger partial charge is 0.485 e. The Kier molecular flexibility index (Phi) is 7.67. The molecule has 3 rings (SSSR count). The number of amides is 1. The fraction of sp³-hybridized carbons (Fsp3) is 0.571. The van der Waals surface area contributed by atoms with E-state index in [-0.39, 0.29) is 12.6 Å². The van der Waals surface area contributed by atoms with Crippen LogP contribution in [0.1, 0.15) is 44.4 Å². The zero-order valence-corrected chi connectivity index (χ0v) is 19.3. The quantitative estimate of drug-likeness (QED) is 0.445. The van der Waals surface area contributed by atoms with Gasteiger partial charge in [-0.15, -0.1) is 0 Å². The van der Waals surface area contributed by atoms with E-state index in [1.807, 2.05) is 45.0 Å². The highest BCUT2D eigenvalue weighted by Crippen LogP contribution is 2.29. The molecule has 2 aromatic rings. The molecule has 0 spiro atoms. The normalized spacial score (nSPS) is 25.7. The van der Waals surface area contributed by atoms with Crippen molar-refractivity contribution >= 4 is 18.1 Å². The van der Waals surface area contributed by atoms with Crippen LogP contribution in [0.15, 0.2) is 24.3 Å². The van der Waals surface area contributed by atoms with Crippen molar-refractivity contribution in [3.05, 3.63) is 40.4 Å². The summed E-state index contributed by atoms with van der Waals surface area (Å²) in [5.74, 6) is 0.821. The first kappa shape index (κ1) is 24.3. The molecule has 4 N–H and O–H groups in total. The Morgan fingerprint density at radius 3 is 2.59 bits per heavy atom. The molecule has 32 heavy (non-hydrogen) atoms. The van der Waals surface area contributed by atoms with Crippen LogP contribution in [-0.4, -0.2) is 66.5 Å². The topological polar surface area (TPSA) is 131 Å². The van der Waals surface area contributed by atoms with Crippen LogP contribution in [0.3, 0.4) is 0 Å². The lowest BCUT2D eigenvalue weighted by molar-refractivity contribution is -0.219. The molecule has 1 aliphatic rings. The molecule has 0 radical (unpaired) electrons. The number of benzene rings is 1. The van der Waals surface area contributed by atoms with Gasteiger partial charge in [-0.3, -0.25) is 9.36 Å². The van der Waals surface area contributed by atoms with Crippen LogP contribution in [0.5, 0.6) is 5.75 Å². The standard InChI is InChI=1S/C21H30N4O6S/c1-11(2)24-16(10-30-14-8-6-5-7-12(14)3)23-25(21(24)32)20-17(22-13(4)27)19(29)18(28)15(9-26)31-20/h5-8,11,15,17-20,26,28-29H,9-10H2,1-4H3,(H,22,27). The maximum atomic E-state index is 11.8. The summed E-state index contributed by atoms with van der Waals surface area (Å²) in [7, 11) is 0. The minimum atomic E-state index is -1.40. The van der Waals surface area contributed by atoms with Crippen LogP contribution in [0, 0.1) is 11.7 Å². The van der Waals surface area contributed by atoms with Gasteiger partial charge in [-0.2, -0.15) is 5.10 Å². The lowest BCUT2D eigenvalue weighted by Crippen LogP contribution is -2.62. The van der Waals surface area contributed by atoms with Gasteiger partial charge in [0.05, 0.1) is 6.61 Å². The molecule has 2 heterocycles. The Morgan fingerprint density at radius 2 is 2.00 bits per heavy atom. The van der Waals surface area contributed by atoms with Gasteiger partial charge in [0.25, 0.3) is 0 Å². The second-order valence-electron chi connectivity index (χ2n) is 8.12. The molecule has 1 fully saturated rings. The van der Waals surface area contributed by atoms with Crippen LogP contribution in [0.2, 0.25) is 0 Å². The number of carbonyl (C=O) groups excluding carboxylic acids is 1. The van der Waals surface area contributed by atoms with Gasteiger partial charge in [-0.25, -0.2) is 4.68 Å². The molecule has 0 bridgehead atoms. The van der Waals surface area contributed by atoms with Gasteiger partial charge in [0.15, 0.2) is 12.1 Å². The van der Waals surface area contributed by atoms with Gasteiger partial charge < -0.3 is 30.1 Å². The number of nitrogens with one attached hydrogen (secondary N) is 1. The van der Waals surface area contributed by atoms with Crippen molar-refractivity contribution < 1.29 is 29.6 Å². The summed E-state index contributed by atoms with van der Waals surface area (Å²) >= 11 is 5.64. The predicted molar refractivity (Wildman–Crippen MR) is 118 cm³/mol. The zero-order chi connectivity index (χ0) is 23.6. The number of rotatable bonds is 7. The van der Waals surface area contributed by atoms with Gasteiger partial charge >= 0.3 is 0 Å². The van der Waals surface area contributed by atoms with E-state index in [4.69, 9.17) is 21.7 Å². The molecule has 1 saturated heterocycles. The number of aliphatic hydroxyl groups excluding tert-OH is 3. The Bertz CT molecular complexity index is 1010. The fourth-order valence-corrected chi connectivity index (χ4v) is 4.24. The first-order valence-electron chi connectivity index (χ1n) is 10.4. The average molecular weight is 467 g/mol. The number of carbonyl (C=O) groups is 1.